The minimum absolute atomic E-state index is 0.0261. The highest BCUT2D eigenvalue weighted by molar-refractivity contribution is 5.58. The lowest BCUT2D eigenvalue weighted by Crippen LogP contribution is -2.48. The van der Waals surface area contributed by atoms with E-state index in [2.05, 4.69) is 10.2 Å². The van der Waals surface area contributed by atoms with Crippen LogP contribution in [0.15, 0.2) is 53.8 Å². The monoisotopic (exact) mass is 558 g/mol. The molecule has 1 saturated heterocycles. The van der Waals surface area contributed by atoms with E-state index in [9.17, 15) is 22.4 Å². The molecule has 0 bridgehead atoms. The maximum absolute atomic E-state index is 14.3. The first kappa shape index (κ1) is 26.7. The number of rotatable bonds is 6. The number of hydrogen-bond donors (Lipinski definition) is 0. The number of methoxy groups -OCH3 is 1. The number of benzene rings is 1. The third-order valence-electron chi connectivity index (χ3n) is 8.59. The van der Waals surface area contributed by atoms with Crippen molar-refractivity contribution in [3.05, 3.63) is 82.1 Å². The summed E-state index contributed by atoms with van der Waals surface area (Å²) in [6, 6.07) is 7.83. The van der Waals surface area contributed by atoms with Crippen LogP contribution in [0.2, 0.25) is 0 Å². The average Bonchev–Trinajstić information content (AvgIpc) is 3.61. The van der Waals surface area contributed by atoms with Crippen LogP contribution in [-0.2, 0) is 23.4 Å². The van der Waals surface area contributed by atoms with E-state index in [-0.39, 0.29) is 18.2 Å². The van der Waals surface area contributed by atoms with E-state index in [1.54, 1.807) is 37.4 Å². The van der Waals surface area contributed by atoms with Crippen molar-refractivity contribution in [1.82, 2.24) is 28.6 Å². The Kier molecular flexibility index (Phi) is 6.37. The number of fused-ring (bicyclic) bond motifs is 1. The summed E-state index contributed by atoms with van der Waals surface area (Å²) in [5.74, 6) is 0.753. The molecule has 2 fully saturated rings. The van der Waals surface area contributed by atoms with Gasteiger partial charge in [0.05, 0.1) is 28.3 Å². The van der Waals surface area contributed by atoms with Gasteiger partial charge in [0.25, 0.3) is 0 Å². The number of imidazole rings is 1. The molecular formula is C28H30F4N6O2. The number of halogens is 4. The fourth-order valence-electron chi connectivity index (χ4n) is 6.26. The Labute approximate surface area is 227 Å². The maximum atomic E-state index is 14.3. The van der Waals surface area contributed by atoms with Crippen molar-refractivity contribution in [2.75, 3.05) is 20.2 Å². The van der Waals surface area contributed by atoms with Crippen molar-refractivity contribution < 1.29 is 22.3 Å². The summed E-state index contributed by atoms with van der Waals surface area (Å²) in [4.78, 5) is 15.4. The highest BCUT2D eigenvalue weighted by atomic mass is 19.4. The van der Waals surface area contributed by atoms with Gasteiger partial charge in [-0.2, -0.15) is 13.2 Å². The highest BCUT2D eigenvalue weighted by Crippen LogP contribution is 2.49. The lowest BCUT2D eigenvalue weighted by atomic mass is 9.62. The third-order valence-corrected chi connectivity index (χ3v) is 8.59. The van der Waals surface area contributed by atoms with Gasteiger partial charge in [-0.25, -0.2) is 9.18 Å². The fraction of sp³-hybridized carbons (Fsp3) is 0.464. The smallest absolute Gasteiger partial charge is 0.381 e. The number of aryl methyl sites for hydroxylation is 1. The quantitative estimate of drug-likeness (QED) is 0.328. The van der Waals surface area contributed by atoms with E-state index in [0.29, 0.717) is 37.1 Å². The number of pyridine rings is 1. The molecule has 4 aromatic rings. The maximum Gasteiger partial charge on any atom is 0.418 e. The number of ether oxygens (including phenoxy) is 1. The van der Waals surface area contributed by atoms with Crippen LogP contribution >= 0.6 is 0 Å². The lowest BCUT2D eigenvalue weighted by Gasteiger charge is -2.46. The Morgan fingerprint density at radius 3 is 2.58 bits per heavy atom. The normalized spacial score (nSPS) is 24.5. The Morgan fingerprint density at radius 1 is 1.18 bits per heavy atom. The zero-order valence-corrected chi connectivity index (χ0v) is 22.4. The van der Waals surface area contributed by atoms with Crippen LogP contribution < -0.4 is 5.69 Å². The van der Waals surface area contributed by atoms with E-state index in [0.717, 1.165) is 21.9 Å². The molecule has 2 aliphatic rings. The van der Waals surface area contributed by atoms with Gasteiger partial charge in [-0.05, 0) is 55.5 Å². The minimum Gasteiger partial charge on any atom is -0.381 e. The van der Waals surface area contributed by atoms with Gasteiger partial charge in [0.2, 0.25) is 0 Å². The summed E-state index contributed by atoms with van der Waals surface area (Å²) >= 11 is 0. The lowest BCUT2D eigenvalue weighted by molar-refractivity contribution is -0.136. The first-order chi connectivity index (χ1) is 19.0. The van der Waals surface area contributed by atoms with Gasteiger partial charge in [-0.1, -0.05) is 12.1 Å². The second kappa shape index (κ2) is 9.55. The first-order valence-corrected chi connectivity index (χ1v) is 13.2. The van der Waals surface area contributed by atoms with Crippen LogP contribution in [-0.4, -0.2) is 61.1 Å². The Bertz CT molecular complexity index is 1620. The fourth-order valence-corrected chi connectivity index (χ4v) is 6.26. The summed E-state index contributed by atoms with van der Waals surface area (Å²) in [6.45, 7) is 2.34. The van der Waals surface area contributed by atoms with E-state index in [1.165, 1.54) is 17.0 Å². The molecule has 1 aliphatic heterocycles. The van der Waals surface area contributed by atoms with Crippen molar-refractivity contribution in [3.8, 4) is 5.69 Å². The van der Waals surface area contributed by atoms with E-state index in [4.69, 9.17) is 4.74 Å². The molecule has 0 amide bonds. The predicted molar refractivity (Wildman–Crippen MR) is 139 cm³/mol. The van der Waals surface area contributed by atoms with Crippen molar-refractivity contribution in [3.63, 3.8) is 0 Å². The van der Waals surface area contributed by atoms with Crippen molar-refractivity contribution >= 4 is 5.52 Å². The van der Waals surface area contributed by atoms with Gasteiger partial charge < -0.3 is 9.30 Å². The number of likely N-dealkylation sites (tertiary alicyclic amines) is 1. The molecule has 212 valence electrons. The van der Waals surface area contributed by atoms with Gasteiger partial charge in [0, 0.05) is 45.7 Å². The van der Waals surface area contributed by atoms with Gasteiger partial charge in [0.15, 0.2) is 0 Å². The van der Waals surface area contributed by atoms with Gasteiger partial charge in [-0.3, -0.25) is 13.9 Å². The molecule has 1 aliphatic carbocycles. The Hall–Kier alpha value is -3.51. The first-order valence-electron chi connectivity index (χ1n) is 13.2. The molecule has 0 radical (unpaired) electrons. The highest BCUT2D eigenvalue weighted by Gasteiger charge is 2.50. The molecule has 3 aromatic heterocycles. The summed E-state index contributed by atoms with van der Waals surface area (Å²) < 4.78 is 66.3. The number of alkyl halides is 4. The molecule has 2 atom stereocenters. The molecule has 6 rings (SSSR count). The van der Waals surface area contributed by atoms with Crippen LogP contribution in [0, 0.1) is 0 Å². The van der Waals surface area contributed by atoms with Crippen LogP contribution in [0.5, 0.6) is 0 Å². The predicted octanol–water partition coefficient (Wildman–Crippen LogP) is 4.44. The number of aromatic nitrogens is 5. The average molecular weight is 559 g/mol. The molecule has 0 unspecified atom stereocenters. The topological polar surface area (TPSA) is 69.6 Å². The summed E-state index contributed by atoms with van der Waals surface area (Å²) in [6.07, 6.45) is 0.280. The molecule has 1 aromatic carbocycles. The van der Waals surface area contributed by atoms with Gasteiger partial charge >= 0.3 is 11.9 Å². The van der Waals surface area contributed by atoms with Crippen LogP contribution in [0.4, 0.5) is 17.6 Å². The van der Waals surface area contributed by atoms with Crippen LogP contribution in [0.25, 0.3) is 11.2 Å². The van der Waals surface area contributed by atoms with E-state index in [1.807, 2.05) is 23.7 Å². The van der Waals surface area contributed by atoms with Crippen LogP contribution in [0.3, 0.4) is 0 Å². The second-order valence-electron chi connectivity index (χ2n) is 10.9. The Balaban J connectivity index is 1.46. The molecule has 12 heteroatoms. The number of nitrogens with zero attached hydrogens (tertiary/aromatic N) is 6. The molecule has 40 heavy (non-hydrogen) atoms. The van der Waals surface area contributed by atoms with Crippen molar-refractivity contribution in [2.45, 2.75) is 56.1 Å². The molecular weight excluding hydrogens is 528 g/mol. The number of hydrogen-bond acceptors (Lipinski definition) is 5. The SMILES string of the molecule is CO[C@H]1C[C@](c2cccc(-n3cc4c(C(F)(F)F)cc([C@@H](C)N5CC[C@@H](F)C5)cn4c3=O)c2)(c2nncn2C)C1. The minimum atomic E-state index is -4.69. The van der Waals surface area contributed by atoms with E-state index >= 15 is 0 Å². The van der Waals surface area contributed by atoms with E-state index < -0.39 is 35.1 Å². The van der Waals surface area contributed by atoms with Crippen molar-refractivity contribution in [1.29, 1.82) is 0 Å². The van der Waals surface area contributed by atoms with Gasteiger partial charge in [0.1, 0.15) is 18.3 Å². The van der Waals surface area contributed by atoms with Crippen LogP contribution in [0.1, 0.15) is 54.7 Å². The van der Waals surface area contributed by atoms with Gasteiger partial charge in [-0.15, -0.1) is 10.2 Å². The molecule has 0 spiro atoms. The van der Waals surface area contributed by atoms with Crippen molar-refractivity contribution in [2.24, 2.45) is 7.05 Å². The third kappa shape index (κ3) is 4.24. The molecule has 4 heterocycles. The summed E-state index contributed by atoms with van der Waals surface area (Å²) in [5, 5.41) is 8.38. The molecule has 1 saturated carbocycles. The standard InChI is InChI=1S/C28H30F4N6O2/c1-17(36-8-7-20(29)14-36)18-9-23(28(30,31)32)24-15-37(26(39)38(24)13-18)21-6-4-5-19(10-21)27(11-22(12-27)40-3)25-34-33-16-35(25)2/h4-6,9-10,13,15-17,20,22H,7-8,11-12,14H2,1-3H3/t17-,20-,22-,27-/m1/s1. The molecule has 8 nitrogen and oxygen atoms in total. The summed E-state index contributed by atoms with van der Waals surface area (Å²) in [7, 11) is 3.51. The summed E-state index contributed by atoms with van der Waals surface area (Å²) in [5.41, 5.74) is -0.648. The zero-order valence-electron chi connectivity index (χ0n) is 22.4. The molecule has 0 N–H and O–H groups in total. The Morgan fingerprint density at radius 2 is 1.95 bits per heavy atom. The largest absolute Gasteiger partial charge is 0.418 e. The zero-order chi connectivity index (χ0) is 28.4. The second-order valence-corrected chi connectivity index (χ2v) is 10.9.